The molecule has 1 atom stereocenters. The van der Waals surface area contributed by atoms with Crippen molar-refractivity contribution in [1.82, 2.24) is 19.8 Å². The second kappa shape index (κ2) is 7.53. The molecule has 0 radical (unpaired) electrons. The SMILES string of the molecule is CC(C)C(=O)N1CCCC(Cc2cc(C(=O)N(C)C)ncn2)C1. The Balaban J connectivity index is 2.03. The molecule has 126 valence electrons. The molecule has 1 aromatic heterocycles. The first-order valence-electron chi connectivity index (χ1n) is 8.19. The van der Waals surface area contributed by atoms with E-state index in [9.17, 15) is 9.59 Å². The average Bonchev–Trinajstić information content (AvgIpc) is 2.53. The van der Waals surface area contributed by atoms with Crippen molar-refractivity contribution in [2.75, 3.05) is 27.2 Å². The van der Waals surface area contributed by atoms with E-state index in [0.717, 1.165) is 38.0 Å². The van der Waals surface area contributed by atoms with Gasteiger partial charge >= 0.3 is 0 Å². The number of likely N-dealkylation sites (tertiary alicyclic amines) is 1. The standard InChI is InChI=1S/C17H26N4O2/c1-12(2)16(22)21-7-5-6-13(10-21)8-14-9-15(19-11-18-14)17(23)20(3)4/h9,11-13H,5-8,10H2,1-4H3. The molecule has 1 fully saturated rings. The van der Waals surface area contributed by atoms with Gasteiger partial charge in [-0.1, -0.05) is 13.8 Å². The Bertz CT molecular complexity index is 571. The summed E-state index contributed by atoms with van der Waals surface area (Å²) in [5.74, 6) is 0.538. The van der Waals surface area contributed by atoms with Gasteiger partial charge in [-0.3, -0.25) is 9.59 Å². The van der Waals surface area contributed by atoms with Crippen LogP contribution in [0.4, 0.5) is 0 Å². The molecule has 1 aliphatic heterocycles. The summed E-state index contributed by atoms with van der Waals surface area (Å²) in [6, 6.07) is 1.77. The Morgan fingerprint density at radius 2 is 2.09 bits per heavy atom. The monoisotopic (exact) mass is 318 g/mol. The number of aromatic nitrogens is 2. The minimum atomic E-state index is -0.117. The predicted molar refractivity (Wildman–Crippen MR) is 87.9 cm³/mol. The number of rotatable bonds is 4. The van der Waals surface area contributed by atoms with Crippen LogP contribution in [-0.4, -0.2) is 58.8 Å². The van der Waals surface area contributed by atoms with Crippen LogP contribution in [0.5, 0.6) is 0 Å². The fraction of sp³-hybridized carbons (Fsp3) is 0.647. The quantitative estimate of drug-likeness (QED) is 0.846. The highest BCUT2D eigenvalue weighted by molar-refractivity contribution is 5.91. The van der Waals surface area contributed by atoms with E-state index in [-0.39, 0.29) is 17.7 Å². The maximum atomic E-state index is 12.2. The lowest BCUT2D eigenvalue weighted by Gasteiger charge is -2.33. The molecule has 0 saturated carbocycles. The molecule has 2 amide bonds. The minimum absolute atomic E-state index is 0.0390. The molecule has 6 heteroatoms. The molecule has 1 aromatic rings. The first-order chi connectivity index (χ1) is 10.9. The lowest BCUT2D eigenvalue weighted by atomic mass is 9.92. The smallest absolute Gasteiger partial charge is 0.272 e. The van der Waals surface area contributed by atoms with Crippen LogP contribution in [-0.2, 0) is 11.2 Å². The van der Waals surface area contributed by atoms with Gasteiger partial charge in [0.2, 0.25) is 5.91 Å². The van der Waals surface area contributed by atoms with Crippen LogP contribution >= 0.6 is 0 Å². The molecule has 1 saturated heterocycles. The summed E-state index contributed by atoms with van der Waals surface area (Å²) in [6.45, 7) is 5.50. The molecule has 6 nitrogen and oxygen atoms in total. The lowest BCUT2D eigenvalue weighted by Crippen LogP contribution is -2.42. The van der Waals surface area contributed by atoms with Crippen LogP contribution in [0.3, 0.4) is 0 Å². The molecule has 0 aliphatic carbocycles. The van der Waals surface area contributed by atoms with E-state index >= 15 is 0 Å². The number of hydrogen-bond acceptors (Lipinski definition) is 4. The number of nitrogens with zero attached hydrogens (tertiary/aromatic N) is 4. The zero-order valence-corrected chi connectivity index (χ0v) is 14.5. The second-order valence-corrected chi connectivity index (χ2v) is 6.75. The zero-order chi connectivity index (χ0) is 17.0. The van der Waals surface area contributed by atoms with Gasteiger partial charge in [-0.05, 0) is 31.2 Å². The molecule has 0 N–H and O–H groups in total. The fourth-order valence-electron chi connectivity index (χ4n) is 2.95. The van der Waals surface area contributed by atoms with Gasteiger partial charge < -0.3 is 9.80 Å². The number of carbonyl (C=O) groups is 2. The topological polar surface area (TPSA) is 66.4 Å². The first kappa shape index (κ1) is 17.4. The van der Waals surface area contributed by atoms with E-state index in [1.807, 2.05) is 18.7 Å². The van der Waals surface area contributed by atoms with Crippen LogP contribution in [0.1, 0.15) is 42.9 Å². The molecule has 0 spiro atoms. The maximum absolute atomic E-state index is 12.2. The molecule has 23 heavy (non-hydrogen) atoms. The van der Waals surface area contributed by atoms with Crippen molar-refractivity contribution >= 4 is 11.8 Å². The van der Waals surface area contributed by atoms with Crippen LogP contribution in [0, 0.1) is 11.8 Å². The van der Waals surface area contributed by atoms with Gasteiger partial charge in [0.05, 0.1) is 0 Å². The third kappa shape index (κ3) is 4.50. The summed E-state index contributed by atoms with van der Waals surface area (Å²) in [4.78, 5) is 36.0. The third-order valence-corrected chi connectivity index (χ3v) is 4.17. The van der Waals surface area contributed by atoms with Crippen molar-refractivity contribution < 1.29 is 9.59 Å². The van der Waals surface area contributed by atoms with Gasteiger partial charge in [0.15, 0.2) is 0 Å². The molecule has 1 aliphatic rings. The van der Waals surface area contributed by atoms with Crippen molar-refractivity contribution in [3.05, 3.63) is 23.8 Å². The van der Waals surface area contributed by atoms with Crippen LogP contribution in [0.25, 0.3) is 0 Å². The lowest BCUT2D eigenvalue weighted by molar-refractivity contribution is -0.136. The summed E-state index contributed by atoms with van der Waals surface area (Å²) in [6.07, 6.45) is 4.34. The first-order valence-corrected chi connectivity index (χ1v) is 8.19. The van der Waals surface area contributed by atoms with Crippen LogP contribution in [0.15, 0.2) is 12.4 Å². The normalized spacial score (nSPS) is 18.1. The summed E-state index contributed by atoms with van der Waals surface area (Å²) in [5, 5.41) is 0. The molecule has 1 unspecified atom stereocenters. The number of carbonyl (C=O) groups excluding carboxylic acids is 2. The van der Waals surface area contributed by atoms with Crippen molar-refractivity contribution in [2.24, 2.45) is 11.8 Å². The summed E-state index contributed by atoms with van der Waals surface area (Å²) in [7, 11) is 3.42. The second-order valence-electron chi connectivity index (χ2n) is 6.75. The van der Waals surface area contributed by atoms with Gasteiger partial charge in [-0.15, -0.1) is 0 Å². The molecule has 2 rings (SSSR count). The van der Waals surface area contributed by atoms with Gasteiger partial charge in [-0.2, -0.15) is 0 Å². The van der Waals surface area contributed by atoms with E-state index in [4.69, 9.17) is 0 Å². The van der Waals surface area contributed by atoms with Crippen LogP contribution < -0.4 is 0 Å². The minimum Gasteiger partial charge on any atom is -0.343 e. The fourth-order valence-corrected chi connectivity index (χ4v) is 2.95. The van der Waals surface area contributed by atoms with Crippen molar-refractivity contribution in [3.8, 4) is 0 Å². The summed E-state index contributed by atoms with van der Waals surface area (Å²) < 4.78 is 0. The Labute approximate surface area is 137 Å². The molecule has 0 aromatic carbocycles. The highest BCUT2D eigenvalue weighted by Gasteiger charge is 2.25. The van der Waals surface area contributed by atoms with Gasteiger partial charge in [0, 0.05) is 38.8 Å². The van der Waals surface area contributed by atoms with Gasteiger partial charge in [0.25, 0.3) is 5.91 Å². The number of piperidine rings is 1. The van der Waals surface area contributed by atoms with Crippen molar-refractivity contribution in [2.45, 2.75) is 33.1 Å². The summed E-state index contributed by atoms with van der Waals surface area (Å²) >= 11 is 0. The Hall–Kier alpha value is -1.98. The number of amides is 2. The zero-order valence-electron chi connectivity index (χ0n) is 14.5. The third-order valence-electron chi connectivity index (χ3n) is 4.17. The Morgan fingerprint density at radius 1 is 1.35 bits per heavy atom. The van der Waals surface area contributed by atoms with E-state index in [1.54, 1.807) is 20.2 Å². The van der Waals surface area contributed by atoms with Gasteiger partial charge in [0.1, 0.15) is 12.0 Å². The van der Waals surface area contributed by atoms with E-state index < -0.39 is 0 Å². The maximum Gasteiger partial charge on any atom is 0.272 e. The number of hydrogen-bond donors (Lipinski definition) is 0. The van der Waals surface area contributed by atoms with Crippen molar-refractivity contribution in [3.63, 3.8) is 0 Å². The largest absolute Gasteiger partial charge is 0.343 e. The molecule has 0 bridgehead atoms. The van der Waals surface area contributed by atoms with E-state index in [0.29, 0.717) is 11.6 Å². The van der Waals surface area contributed by atoms with E-state index in [2.05, 4.69) is 9.97 Å². The van der Waals surface area contributed by atoms with Crippen molar-refractivity contribution in [1.29, 1.82) is 0 Å². The predicted octanol–water partition coefficient (Wildman–Crippen LogP) is 1.62. The van der Waals surface area contributed by atoms with E-state index in [1.165, 1.54) is 11.2 Å². The Morgan fingerprint density at radius 3 is 2.74 bits per heavy atom. The molecule has 2 heterocycles. The highest BCUT2D eigenvalue weighted by Crippen LogP contribution is 2.21. The van der Waals surface area contributed by atoms with Gasteiger partial charge in [-0.25, -0.2) is 9.97 Å². The average molecular weight is 318 g/mol. The highest BCUT2D eigenvalue weighted by atomic mass is 16.2. The molecular formula is C17H26N4O2. The van der Waals surface area contributed by atoms with Crippen LogP contribution in [0.2, 0.25) is 0 Å². The Kier molecular flexibility index (Phi) is 5.69. The molecular weight excluding hydrogens is 292 g/mol. The summed E-state index contributed by atoms with van der Waals surface area (Å²) in [5.41, 5.74) is 1.29.